The highest BCUT2D eigenvalue weighted by atomic mass is 16.5. The Morgan fingerprint density at radius 3 is 2.24 bits per heavy atom. The van der Waals surface area contributed by atoms with Crippen LogP contribution in [-0.4, -0.2) is 20.3 Å². The number of hydrogen-bond donors (Lipinski definition) is 1. The van der Waals surface area contributed by atoms with E-state index in [1.807, 2.05) is 13.1 Å². The normalized spacial score (nSPS) is 12.9. The molecule has 0 fully saturated rings. The second-order valence-corrected chi connectivity index (χ2v) is 4.47. The highest BCUT2D eigenvalue weighted by Gasteiger charge is 2.10. The van der Waals surface area contributed by atoms with E-state index >= 15 is 0 Å². The molecule has 0 aromatic heterocycles. The Labute approximate surface area is 105 Å². The fourth-order valence-electron chi connectivity index (χ4n) is 1.91. The number of ether oxygens (including phenoxy) is 1. The fraction of sp³-hybridized carbons (Fsp3) is 0.600. The zero-order chi connectivity index (χ0) is 12.5. The van der Waals surface area contributed by atoms with Gasteiger partial charge in [-0.15, -0.1) is 0 Å². The molecule has 17 heavy (non-hydrogen) atoms. The number of benzene rings is 1. The molecule has 1 rings (SSSR count). The van der Waals surface area contributed by atoms with Crippen LogP contribution in [0.2, 0.25) is 0 Å². The maximum atomic E-state index is 5.82. The van der Waals surface area contributed by atoms with Gasteiger partial charge in [-0.1, -0.05) is 57.0 Å². The van der Waals surface area contributed by atoms with Crippen LogP contribution in [0.5, 0.6) is 0 Å². The van der Waals surface area contributed by atoms with Gasteiger partial charge < -0.3 is 10.1 Å². The summed E-state index contributed by atoms with van der Waals surface area (Å²) in [4.78, 5) is 0. The first-order valence-electron chi connectivity index (χ1n) is 6.61. The van der Waals surface area contributed by atoms with Gasteiger partial charge in [0.1, 0.15) is 0 Å². The molecule has 1 aromatic carbocycles. The Morgan fingerprint density at radius 2 is 1.71 bits per heavy atom. The second-order valence-electron chi connectivity index (χ2n) is 4.47. The Bertz CT molecular complexity index is 282. The van der Waals surface area contributed by atoms with Gasteiger partial charge >= 0.3 is 0 Å². The van der Waals surface area contributed by atoms with Crippen molar-refractivity contribution in [2.75, 3.05) is 20.3 Å². The van der Waals surface area contributed by atoms with Crippen molar-refractivity contribution in [2.45, 2.75) is 32.7 Å². The Hall–Kier alpha value is -0.860. The Kier molecular flexibility index (Phi) is 6.90. The van der Waals surface area contributed by atoms with E-state index < -0.39 is 0 Å². The molecule has 0 aliphatic rings. The monoisotopic (exact) mass is 235 g/mol. The summed E-state index contributed by atoms with van der Waals surface area (Å²) in [6.45, 7) is 6.07. The molecule has 0 spiro atoms. The minimum absolute atomic E-state index is 0.297. The average Bonchev–Trinajstić information content (AvgIpc) is 2.40. The van der Waals surface area contributed by atoms with Crippen molar-refractivity contribution in [1.82, 2.24) is 5.32 Å². The van der Waals surface area contributed by atoms with Crippen molar-refractivity contribution in [2.24, 2.45) is 5.92 Å². The van der Waals surface area contributed by atoms with E-state index in [0.717, 1.165) is 13.2 Å². The standard InChI is InChI=1S/C15H25NO/c1-4-13(5-2)11-17-12-15(16-3)14-9-7-6-8-10-14/h6-10,13,15-16H,4-5,11-12H2,1-3H3. The number of rotatable bonds is 8. The molecule has 1 unspecified atom stereocenters. The van der Waals surface area contributed by atoms with Crippen LogP contribution in [-0.2, 0) is 4.74 Å². The Morgan fingerprint density at radius 1 is 1.06 bits per heavy atom. The first-order valence-corrected chi connectivity index (χ1v) is 6.61. The summed E-state index contributed by atoms with van der Waals surface area (Å²) in [6, 6.07) is 10.8. The van der Waals surface area contributed by atoms with E-state index in [9.17, 15) is 0 Å². The molecule has 2 nitrogen and oxygen atoms in total. The van der Waals surface area contributed by atoms with Gasteiger partial charge in [-0.05, 0) is 18.5 Å². The van der Waals surface area contributed by atoms with Crippen LogP contribution in [0.25, 0.3) is 0 Å². The molecule has 96 valence electrons. The number of likely N-dealkylation sites (N-methyl/N-ethyl adjacent to an activating group) is 1. The Balaban J connectivity index is 2.38. The first-order chi connectivity index (χ1) is 8.31. The molecule has 1 atom stereocenters. The van der Waals surface area contributed by atoms with E-state index in [0.29, 0.717) is 12.0 Å². The molecule has 0 aliphatic carbocycles. The van der Waals surface area contributed by atoms with Crippen molar-refractivity contribution in [1.29, 1.82) is 0 Å². The fourth-order valence-corrected chi connectivity index (χ4v) is 1.91. The number of hydrogen-bond acceptors (Lipinski definition) is 2. The van der Waals surface area contributed by atoms with Crippen LogP contribution in [0, 0.1) is 5.92 Å². The van der Waals surface area contributed by atoms with Gasteiger partial charge in [-0.25, -0.2) is 0 Å². The summed E-state index contributed by atoms with van der Waals surface area (Å²) in [6.07, 6.45) is 2.40. The third-order valence-electron chi connectivity index (χ3n) is 3.34. The zero-order valence-corrected chi connectivity index (χ0v) is 11.3. The molecule has 1 aromatic rings. The molecule has 0 radical (unpaired) electrons. The van der Waals surface area contributed by atoms with Crippen LogP contribution in [0.1, 0.15) is 38.3 Å². The van der Waals surface area contributed by atoms with E-state index in [4.69, 9.17) is 4.74 Å². The van der Waals surface area contributed by atoms with E-state index in [1.54, 1.807) is 0 Å². The molecule has 0 heterocycles. The summed E-state index contributed by atoms with van der Waals surface area (Å²) < 4.78 is 5.82. The van der Waals surface area contributed by atoms with Crippen molar-refractivity contribution >= 4 is 0 Å². The van der Waals surface area contributed by atoms with Gasteiger partial charge in [0.25, 0.3) is 0 Å². The van der Waals surface area contributed by atoms with Crippen LogP contribution in [0.3, 0.4) is 0 Å². The summed E-state index contributed by atoms with van der Waals surface area (Å²) in [5.41, 5.74) is 1.29. The van der Waals surface area contributed by atoms with Crippen LogP contribution in [0.4, 0.5) is 0 Å². The van der Waals surface area contributed by atoms with E-state index in [2.05, 4.69) is 43.4 Å². The van der Waals surface area contributed by atoms with Crippen molar-refractivity contribution in [3.63, 3.8) is 0 Å². The maximum absolute atomic E-state index is 5.82. The van der Waals surface area contributed by atoms with Crippen molar-refractivity contribution in [3.05, 3.63) is 35.9 Å². The molecule has 0 aliphatic heterocycles. The van der Waals surface area contributed by atoms with Gasteiger partial charge in [0.05, 0.1) is 12.6 Å². The van der Waals surface area contributed by atoms with E-state index in [1.165, 1.54) is 18.4 Å². The lowest BCUT2D eigenvalue weighted by Gasteiger charge is -2.19. The summed E-state index contributed by atoms with van der Waals surface area (Å²) in [5, 5.41) is 3.30. The molecule has 1 N–H and O–H groups in total. The van der Waals surface area contributed by atoms with E-state index in [-0.39, 0.29) is 0 Å². The lowest BCUT2D eigenvalue weighted by molar-refractivity contribution is 0.0803. The summed E-state index contributed by atoms with van der Waals surface area (Å²) >= 11 is 0. The molecular weight excluding hydrogens is 210 g/mol. The second kappa shape index (κ2) is 8.26. The van der Waals surface area contributed by atoms with Gasteiger partial charge in [0.15, 0.2) is 0 Å². The quantitative estimate of drug-likeness (QED) is 0.745. The molecule has 0 saturated heterocycles. The van der Waals surface area contributed by atoms with Crippen molar-refractivity contribution < 1.29 is 4.74 Å². The van der Waals surface area contributed by atoms with Gasteiger partial charge in [-0.2, -0.15) is 0 Å². The lowest BCUT2D eigenvalue weighted by atomic mass is 10.1. The van der Waals surface area contributed by atoms with Crippen LogP contribution < -0.4 is 5.32 Å². The first kappa shape index (κ1) is 14.2. The highest BCUT2D eigenvalue weighted by molar-refractivity contribution is 5.18. The molecule has 0 saturated carbocycles. The van der Waals surface area contributed by atoms with Crippen molar-refractivity contribution in [3.8, 4) is 0 Å². The molecule has 0 bridgehead atoms. The molecule has 2 heteroatoms. The maximum Gasteiger partial charge on any atom is 0.0661 e. The highest BCUT2D eigenvalue weighted by Crippen LogP contribution is 2.14. The predicted molar refractivity (Wildman–Crippen MR) is 73.1 cm³/mol. The summed E-state index contributed by atoms with van der Waals surface area (Å²) in [5.74, 6) is 0.697. The van der Waals surface area contributed by atoms with Crippen LogP contribution in [0.15, 0.2) is 30.3 Å². The molecule has 0 amide bonds. The number of nitrogens with one attached hydrogen (secondary N) is 1. The molecular formula is C15H25NO. The lowest BCUT2D eigenvalue weighted by Crippen LogP contribution is -2.23. The summed E-state index contributed by atoms with van der Waals surface area (Å²) in [7, 11) is 1.98. The largest absolute Gasteiger partial charge is 0.379 e. The predicted octanol–water partition coefficient (Wildman–Crippen LogP) is 3.40. The van der Waals surface area contributed by atoms with Gasteiger partial charge in [0, 0.05) is 6.61 Å². The minimum atomic E-state index is 0.297. The zero-order valence-electron chi connectivity index (χ0n) is 11.3. The minimum Gasteiger partial charge on any atom is -0.379 e. The van der Waals surface area contributed by atoms with Crippen LogP contribution >= 0.6 is 0 Å². The van der Waals surface area contributed by atoms with Gasteiger partial charge in [-0.3, -0.25) is 0 Å². The third-order valence-corrected chi connectivity index (χ3v) is 3.34. The van der Waals surface area contributed by atoms with Gasteiger partial charge in [0.2, 0.25) is 0 Å². The smallest absolute Gasteiger partial charge is 0.0661 e. The average molecular weight is 235 g/mol. The third kappa shape index (κ3) is 4.88. The topological polar surface area (TPSA) is 21.3 Å². The SMILES string of the molecule is CCC(CC)COCC(NC)c1ccccc1.